The molecule has 0 radical (unpaired) electrons. The van der Waals surface area contributed by atoms with Crippen molar-refractivity contribution in [2.45, 2.75) is 0 Å². The molecule has 0 unspecified atom stereocenters. The molecule has 0 amide bonds. The lowest BCUT2D eigenvalue weighted by molar-refractivity contribution is 1.30. The van der Waals surface area contributed by atoms with Crippen LogP contribution in [0.5, 0.6) is 0 Å². The van der Waals surface area contributed by atoms with E-state index in [4.69, 9.17) is 5.73 Å². The zero-order valence-electron chi connectivity index (χ0n) is 27.0. The summed E-state index contributed by atoms with van der Waals surface area (Å²) in [5, 5.41) is 7.29. The summed E-state index contributed by atoms with van der Waals surface area (Å²) >= 11 is 0. The van der Waals surface area contributed by atoms with Gasteiger partial charge in [0.05, 0.1) is 16.8 Å². The summed E-state index contributed by atoms with van der Waals surface area (Å²) in [6.45, 7) is 0. The first-order chi connectivity index (χ1) is 24.2. The molecule has 0 spiro atoms. The molecule has 7 rings (SSSR count). The van der Waals surface area contributed by atoms with Gasteiger partial charge in [-0.2, -0.15) is 0 Å². The third-order valence-electron chi connectivity index (χ3n) is 9.00. The molecule has 0 fully saturated rings. The summed E-state index contributed by atoms with van der Waals surface area (Å²) in [4.78, 5) is 4.63. The monoisotopic (exact) mass is 658 g/mol. The van der Waals surface area contributed by atoms with Crippen molar-refractivity contribution in [3.05, 3.63) is 206 Å². The van der Waals surface area contributed by atoms with Gasteiger partial charge in [-0.15, -0.1) is 11.1 Å². The average Bonchev–Trinajstić information content (AvgIpc) is 3.19. The van der Waals surface area contributed by atoms with E-state index in [0.29, 0.717) is 16.8 Å². The van der Waals surface area contributed by atoms with Crippen LogP contribution < -0.4 is 36.9 Å². The first-order valence-electron chi connectivity index (χ1n) is 16.3. The number of nitrogens with two attached hydrogens (primary N) is 1. The first-order valence-corrected chi connectivity index (χ1v) is 20.3. The van der Waals surface area contributed by atoms with Crippen molar-refractivity contribution in [2.24, 2.45) is 0 Å². The van der Waals surface area contributed by atoms with Crippen molar-refractivity contribution in [1.82, 2.24) is 4.98 Å². The van der Waals surface area contributed by atoms with Gasteiger partial charge in [0.25, 0.3) is 0 Å². The smallest absolute Gasteiger partial charge is 0.230 e. The van der Waals surface area contributed by atoms with Crippen LogP contribution in [0, 0.1) is 22.9 Å². The fourth-order valence-corrected chi connectivity index (χ4v) is 14.2. The van der Waals surface area contributed by atoms with Gasteiger partial charge >= 0.3 is 0 Å². The van der Waals surface area contributed by atoms with Crippen molar-refractivity contribution in [2.75, 3.05) is 5.73 Å². The van der Waals surface area contributed by atoms with Crippen LogP contribution in [0.2, 0.25) is 0 Å². The number of aromatic nitrogens is 1. The van der Waals surface area contributed by atoms with E-state index in [2.05, 4.69) is 210 Å². The predicted octanol–water partition coefficient (Wildman–Crippen LogP) is 4.79. The van der Waals surface area contributed by atoms with Gasteiger partial charge in [-0.1, -0.05) is 194 Å². The maximum atomic E-state index is 6.96. The number of anilines is 1. The molecule has 6 aromatic carbocycles. The fourth-order valence-electron chi connectivity index (χ4n) is 6.55. The number of nitrogen functional groups attached to an aromatic ring is 1. The van der Waals surface area contributed by atoms with E-state index < -0.39 is 16.1 Å². The molecule has 0 aliphatic carbocycles. The molecule has 0 aliphatic rings. The van der Waals surface area contributed by atoms with Gasteiger partial charge < -0.3 is 5.73 Å². The Labute approximate surface area is 291 Å². The lowest BCUT2D eigenvalue weighted by Crippen LogP contribution is -2.66. The van der Waals surface area contributed by atoms with Gasteiger partial charge in [-0.3, -0.25) is 4.98 Å². The molecule has 49 heavy (non-hydrogen) atoms. The summed E-state index contributed by atoms with van der Waals surface area (Å²) in [7, 11) is -5.60. The SMILES string of the molecule is Nc1c(C#C[Si](c2ccccc2)(c2ccccc2)c2ccccc2)cncc1C#C[Si](c1ccccc1)(c1ccccc1)c1ccccc1. The minimum absolute atomic E-state index is 0.546. The molecule has 232 valence electrons. The van der Waals surface area contributed by atoms with Crippen LogP contribution >= 0.6 is 0 Å². The van der Waals surface area contributed by atoms with Crippen molar-refractivity contribution < 1.29 is 0 Å². The van der Waals surface area contributed by atoms with Crippen molar-refractivity contribution in [1.29, 1.82) is 0 Å². The first kappa shape index (κ1) is 31.4. The van der Waals surface area contributed by atoms with Crippen LogP contribution in [0.15, 0.2) is 194 Å². The molecular formula is C45H34N2Si2. The van der Waals surface area contributed by atoms with Crippen LogP contribution in [0.4, 0.5) is 5.69 Å². The van der Waals surface area contributed by atoms with Gasteiger partial charge in [-0.25, -0.2) is 0 Å². The molecule has 1 aromatic heterocycles. The molecule has 0 saturated carbocycles. The van der Waals surface area contributed by atoms with Crippen LogP contribution in [-0.2, 0) is 0 Å². The largest absolute Gasteiger partial charge is 0.397 e. The van der Waals surface area contributed by atoms with E-state index in [9.17, 15) is 0 Å². The molecule has 0 saturated heterocycles. The summed E-state index contributed by atoms with van der Waals surface area (Å²) in [6.07, 6.45) is 3.54. The number of hydrogen-bond acceptors (Lipinski definition) is 2. The van der Waals surface area contributed by atoms with Crippen molar-refractivity contribution in [3.63, 3.8) is 0 Å². The van der Waals surface area contributed by atoms with E-state index in [1.807, 2.05) is 0 Å². The van der Waals surface area contributed by atoms with E-state index >= 15 is 0 Å². The van der Waals surface area contributed by atoms with Crippen LogP contribution in [0.1, 0.15) is 11.1 Å². The lowest BCUT2D eigenvalue weighted by Gasteiger charge is -2.28. The standard InChI is InChI=1S/C45H34N2Si2/c46-45-37(31-33-48(39-19-7-1-8-20-39,40-21-9-2-10-22-40)41-23-11-3-12-24-41)35-47-36-38(45)32-34-49(42-25-13-4-14-26-42,43-27-15-5-16-28-43)44-29-17-6-18-30-44/h1-30,35-36H,(H2,46,47). The maximum Gasteiger partial charge on any atom is 0.230 e. The highest BCUT2D eigenvalue weighted by atomic mass is 28.3. The Morgan fingerprint density at radius 3 is 0.796 bits per heavy atom. The number of pyridine rings is 1. The third-order valence-corrected chi connectivity index (χ3v) is 17.2. The molecule has 0 aliphatic heterocycles. The van der Waals surface area contributed by atoms with Gasteiger partial charge in [0.2, 0.25) is 16.1 Å². The fraction of sp³-hybridized carbons (Fsp3) is 0. The Balaban J connectivity index is 1.42. The molecule has 0 bridgehead atoms. The Kier molecular flexibility index (Phi) is 9.17. The van der Waals surface area contributed by atoms with E-state index in [1.54, 1.807) is 12.4 Å². The molecule has 1 heterocycles. The molecule has 2 nitrogen and oxygen atoms in total. The summed E-state index contributed by atoms with van der Waals surface area (Å²) in [5.41, 5.74) is 16.6. The van der Waals surface area contributed by atoms with E-state index in [-0.39, 0.29) is 0 Å². The van der Waals surface area contributed by atoms with Crippen LogP contribution in [-0.4, -0.2) is 21.1 Å². The molecule has 4 heteroatoms. The maximum absolute atomic E-state index is 6.96. The molecule has 0 atom stereocenters. The number of nitrogens with zero attached hydrogens (tertiary/aromatic N) is 1. The van der Waals surface area contributed by atoms with Gasteiger partial charge in [0.15, 0.2) is 0 Å². The highest BCUT2D eigenvalue weighted by Crippen LogP contribution is 2.16. The predicted molar refractivity (Wildman–Crippen MR) is 210 cm³/mol. The second-order valence-corrected chi connectivity index (χ2v) is 18.8. The number of hydrogen-bond donors (Lipinski definition) is 1. The van der Waals surface area contributed by atoms with E-state index in [0.717, 1.165) is 0 Å². The highest BCUT2D eigenvalue weighted by molar-refractivity contribution is 7.17. The Bertz CT molecular complexity index is 1920. The molecule has 7 aromatic rings. The quantitative estimate of drug-likeness (QED) is 0.159. The molecule has 2 N–H and O–H groups in total. The second kappa shape index (κ2) is 14.3. The van der Waals surface area contributed by atoms with Crippen LogP contribution in [0.25, 0.3) is 0 Å². The topological polar surface area (TPSA) is 38.9 Å². The Morgan fingerprint density at radius 2 is 0.571 bits per heavy atom. The third kappa shape index (κ3) is 6.15. The summed E-state index contributed by atoms with van der Waals surface area (Å²) < 4.78 is 0. The van der Waals surface area contributed by atoms with Gasteiger partial charge in [-0.05, 0) is 31.1 Å². The van der Waals surface area contributed by atoms with Crippen LogP contribution in [0.3, 0.4) is 0 Å². The Hall–Kier alpha value is -6.18. The minimum atomic E-state index is -2.80. The summed E-state index contributed by atoms with van der Waals surface area (Å²) in [6, 6.07) is 63.9. The Morgan fingerprint density at radius 1 is 0.347 bits per heavy atom. The minimum Gasteiger partial charge on any atom is -0.397 e. The normalized spacial score (nSPS) is 11.0. The number of benzene rings is 6. The second-order valence-electron chi connectivity index (χ2n) is 11.8. The zero-order valence-corrected chi connectivity index (χ0v) is 29.0. The van der Waals surface area contributed by atoms with Gasteiger partial charge in [0, 0.05) is 12.4 Å². The average molecular weight is 659 g/mol. The number of rotatable bonds is 6. The zero-order chi connectivity index (χ0) is 33.4. The van der Waals surface area contributed by atoms with Gasteiger partial charge in [0.1, 0.15) is 0 Å². The molecular weight excluding hydrogens is 625 g/mol. The van der Waals surface area contributed by atoms with Crippen molar-refractivity contribution >= 4 is 53.0 Å². The lowest BCUT2D eigenvalue weighted by atomic mass is 10.1. The van der Waals surface area contributed by atoms with Crippen molar-refractivity contribution in [3.8, 4) is 22.9 Å². The summed E-state index contributed by atoms with van der Waals surface area (Å²) in [5.74, 6) is 7.10. The van der Waals surface area contributed by atoms with E-state index in [1.165, 1.54) is 31.1 Å². The highest BCUT2D eigenvalue weighted by Gasteiger charge is 2.39.